The fourth-order valence-corrected chi connectivity index (χ4v) is 1.90. The van der Waals surface area contributed by atoms with Crippen LogP contribution >= 0.6 is 0 Å². The van der Waals surface area contributed by atoms with E-state index in [2.05, 4.69) is 5.32 Å². The third-order valence-corrected chi connectivity index (χ3v) is 2.93. The maximum atomic E-state index is 12.0. The summed E-state index contributed by atoms with van der Waals surface area (Å²) in [6.07, 6.45) is 1.57. The maximum Gasteiger partial charge on any atom is 0.293 e. The molecule has 2 aromatic rings. The molecule has 0 aliphatic carbocycles. The van der Waals surface area contributed by atoms with Crippen molar-refractivity contribution >= 4 is 11.6 Å². The summed E-state index contributed by atoms with van der Waals surface area (Å²) >= 11 is 0. The molecule has 110 valence electrons. The Morgan fingerprint density at radius 3 is 2.62 bits per heavy atom. The maximum absolute atomic E-state index is 12.0. The Kier molecular flexibility index (Phi) is 4.77. The summed E-state index contributed by atoms with van der Waals surface area (Å²) < 4.78 is 6.55. The van der Waals surface area contributed by atoms with Gasteiger partial charge in [-0.25, -0.2) is 0 Å². The molecule has 0 spiro atoms. The van der Waals surface area contributed by atoms with E-state index in [4.69, 9.17) is 4.74 Å². The van der Waals surface area contributed by atoms with Gasteiger partial charge in [-0.15, -0.1) is 0 Å². The van der Waals surface area contributed by atoms with E-state index in [1.165, 1.54) is 4.57 Å². The van der Waals surface area contributed by atoms with Crippen molar-refractivity contribution in [2.75, 3.05) is 11.9 Å². The predicted octanol–water partition coefficient (Wildman–Crippen LogP) is 2.19. The average molecular weight is 286 g/mol. The molecule has 1 aromatic carbocycles. The normalized spacial score (nSPS) is 10.2. The van der Waals surface area contributed by atoms with Gasteiger partial charge in [0.15, 0.2) is 5.75 Å². The molecule has 1 amide bonds. The number of carbonyl (C=O) groups is 1. The lowest BCUT2D eigenvalue weighted by atomic mass is 10.2. The molecule has 21 heavy (non-hydrogen) atoms. The van der Waals surface area contributed by atoms with E-state index >= 15 is 0 Å². The average Bonchev–Trinajstić information content (AvgIpc) is 2.46. The first-order chi connectivity index (χ1) is 10.1. The van der Waals surface area contributed by atoms with Gasteiger partial charge in [-0.2, -0.15) is 0 Å². The molecule has 0 aliphatic rings. The molecule has 0 aliphatic heterocycles. The Bertz CT molecular complexity index is 675. The van der Waals surface area contributed by atoms with Gasteiger partial charge in [-0.1, -0.05) is 17.7 Å². The SMILES string of the molecule is CCOc1cccn(CC(=O)Nc2ccc(C)cc2)c1=O. The smallest absolute Gasteiger partial charge is 0.293 e. The number of rotatable bonds is 5. The quantitative estimate of drug-likeness (QED) is 0.916. The van der Waals surface area contributed by atoms with Crippen LogP contribution in [0.25, 0.3) is 0 Å². The van der Waals surface area contributed by atoms with Gasteiger partial charge in [0.25, 0.3) is 5.56 Å². The first kappa shape index (κ1) is 14.8. The number of amides is 1. The largest absolute Gasteiger partial charge is 0.488 e. The second kappa shape index (κ2) is 6.74. The summed E-state index contributed by atoms with van der Waals surface area (Å²) in [5.74, 6) is -0.00209. The minimum absolute atomic E-state index is 0.0480. The Hall–Kier alpha value is -2.56. The Labute approximate surface area is 123 Å². The summed E-state index contributed by atoms with van der Waals surface area (Å²) in [5.41, 5.74) is 1.52. The molecule has 5 nitrogen and oxygen atoms in total. The third kappa shape index (κ3) is 3.95. The second-order valence-corrected chi connectivity index (χ2v) is 4.65. The molecule has 1 N–H and O–H groups in total. The van der Waals surface area contributed by atoms with Crippen molar-refractivity contribution in [3.05, 3.63) is 58.5 Å². The number of benzene rings is 1. The molecular formula is C16H18N2O3. The minimum atomic E-state index is -0.307. The Morgan fingerprint density at radius 2 is 1.95 bits per heavy atom. The van der Waals surface area contributed by atoms with Crippen molar-refractivity contribution in [1.29, 1.82) is 0 Å². The van der Waals surface area contributed by atoms with Crippen molar-refractivity contribution < 1.29 is 9.53 Å². The van der Waals surface area contributed by atoms with E-state index in [1.807, 2.05) is 31.2 Å². The van der Waals surface area contributed by atoms with Gasteiger partial charge in [0.2, 0.25) is 5.91 Å². The van der Waals surface area contributed by atoms with Gasteiger partial charge in [-0.3, -0.25) is 9.59 Å². The first-order valence-corrected chi connectivity index (χ1v) is 6.79. The van der Waals surface area contributed by atoms with E-state index in [0.29, 0.717) is 12.3 Å². The molecule has 0 atom stereocenters. The van der Waals surface area contributed by atoms with Crippen LogP contribution < -0.4 is 15.6 Å². The highest BCUT2D eigenvalue weighted by molar-refractivity contribution is 5.90. The fourth-order valence-electron chi connectivity index (χ4n) is 1.90. The zero-order chi connectivity index (χ0) is 15.2. The van der Waals surface area contributed by atoms with Gasteiger partial charge < -0.3 is 14.6 Å². The molecule has 5 heteroatoms. The number of hydrogen-bond donors (Lipinski definition) is 1. The number of aryl methyl sites for hydroxylation is 1. The zero-order valence-corrected chi connectivity index (χ0v) is 12.1. The molecule has 1 heterocycles. The molecular weight excluding hydrogens is 268 g/mol. The highest BCUT2D eigenvalue weighted by atomic mass is 16.5. The van der Waals surface area contributed by atoms with Crippen LogP contribution in [0.2, 0.25) is 0 Å². The Morgan fingerprint density at radius 1 is 1.24 bits per heavy atom. The monoisotopic (exact) mass is 286 g/mol. The van der Waals surface area contributed by atoms with Crippen LogP contribution in [0.4, 0.5) is 5.69 Å². The van der Waals surface area contributed by atoms with Crippen molar-refractivity contribution in [3.8, 4) is 5.75 Å². The number of ether oxygens (including phenoxy) is 1. The van der Waals surface area contributed by atoms with Crippen LogP contribution in [0, 0.1) is 6.92 Å². The molecule has 0 fully saturated rings. The second-order valence-electron chi connectivity index (χ2n) is 4.65. The van der Waals surface area contributed by atoms with E-state index in [9.17, 15) is 9.59 Å². The topological polar surface area (TPSA) is 60.3 Å². The van der Waals surface area contributed by atoms with Crippen LogP contribution in [0.15, 0.2) is 47.4 Å². The number of anilines is 1. The van der Waals surface area contributed by atoms with Gasteiger partial charge in [-0.05, 0) is 38.1 Å². The first-order valence-electron chi connectivity index (χ1n) is 6.79. The predicted molar refractivity (Wildman–Crippen MR) is 81.7 cm³/mol. The van der Waals surface area contributed by atoms with Crippen molar-refractivity contribution in [2.24, 2.45) is 0 Å². The molecule has 0 saturated heterocycles. The summed E-state index contributed by atoms with van der Waals surface area (Å²) in [6.45, 7) is 4.15. The molecule has 1 aromatic heterocycles. The lowest BCUT2D eigenvalue weighted by molar-refractivity contribution is -0.116. The Balaban J connectivity index is 2.07. The number of hydrogen-bond acceptors (Lipinski definition) is 3. The molecule has 0 bridgehead atoms. The fraction of sp³-hybridized carbons (Fsp3) is 0.250. The van der Waals surface area contributed by atoms with E-state index in [1.54, 1.807) is 25.3 Å². The number of nitrogens with one attached hydrogen (secondary N) is 1. The van der Waals surface area contributed by atoms with Gasteiger partial charge >= 0.3 is 0 Å². The molecule has 0 radical (unpaired) electrons. The lowest BCUT2D eigenvalue weighted by Crippen LogP contribution is -2.27. The van der Waals surface area contributed by atoms with E-state index < -0.39 is 0 Å². The summed E-state index contributed by atoms with van der Waals surface area (Å²) in [6, 6.07) is 10.8. The summed E-state index contributed by atoms with van der Waals surface area (Å²) in [4.78, 5) is 24.0. The highest BCUT2D eigenvalue weighted by Gasteiger charge is 2.08. The molecule has 0 unspecified atom stereocenters. The third-order valence-electron chi connectivity index (χ3n) is 2.93. The van der Waals surface area contributed by atoms with Gasteiger partial charge in [0, 0.05) is 11.9 Å². The van der Waals surface area contributed by atoms with Crippen molar-refractivity contribution in [3.63, 3.8) is 0 Å². The number of aromatic nitrogens is 1. The summed E-state index contributed by atoms with van der Waals surface area (Å²) in [7, 11) is 0. The van der Waals surface area contributed by atoms with E-state index in [0.717, 1.165) is 5.56 Å². The molecule has 2 rings (SSSR count). The van der Waals surface area contributed by atoms with Crippen molar-refractivity contribution in [2.45, 2.75) is 20.4 Å². The summed E-state index contributed by atoms with van der Waals surface area (Å²) in [5, 5.41) is 2.76. The number of pyridine rings is 1. The van der Waals surface area contributed by atoms with Crippen LogP contribution in [0.3, 0.4) is 0 Å². The van der Waals surface area contributed by atoms with E-state index in [-0.39, 0.29) is 23.8 Å². The van der Waals surface area contributed by atoms with Crippen LogP contribution in [-0.2, 0) is 11.3 Å². The van der Waals surface area contributed by atoms with Gasteiger partial charge in [0.05, 0.1) is 6.61 Å². The van der Waals surface area contributed by atoms with Crippen LogP contribution in [0.1, 0.15) is 12.5 Å². The number of carbonyl (C=O) groups excluding carboxylic acids is 1. The highest BCUT2D eigenvalue weighted by Crippen LogP contribution is 2.08. The standard InChI is InChI=1S/C16H18N2O3/c1-3-21-14-5-4-10-18(16(14)20)11-15(19)17-13-8-6-12(2)7-9-13/h4-10H,3,11H2,1-2H3,(H,17,19). The van der Waals surface area contributed by atoms with Crippen molar-refractivity contribution in [1.82, 2.24) is 4.57 Å². The zero-order valence-electron chi connectivity index (χ0n) is 12.1. The van der Waals surface area contributed by atoms with Crippen LogP contribution in [-0.4, -0.2) is 17.1 Å². The lowest BCUT2D eigenvalue weighted by Gasteiger charge is -2.09. The number of nitrogens with zero attached hydrogens (tertiary/aromatic N) is 1. The van der Waals surface area contributed by atoms with Gasteiger partial charge in [0.1, 0.15) is 6.54 Å². The van der Waals surface area contributed by atoms with Crippen LogP contribution in [0.5, 0.6) is 5.75 Å². The molecule has 0 saturated carbocycles. The minimum Gasteiger partial charge on any atom is -0.488 e.